The van der Waals surface area contributed by atoms with Crippen molar-refractivity contribution in [2.45, 2.75) is 47.5 Å². The van der Waals surface area contributed by atoms with Gasteiger partial charge in [-0.1, -0.05) is 39.0 Å². The molecule has 1 heterocycles. The van der Waals surface area contributed by atoms with Crippen molar-refractivity contribution < 1.29 is 9.53 Å². The van der Waals surface area contributed by atoms with Gasteiger partial charge in [-0.2, -0.15) is 0 Å². The predicted octanol–water partition coefficient (Wildman–Crippen LogP) is 4.45. The highest BCUT2D eigenvalue weighted by atomic mass is 16.5. The van der Waals surface area contributed by atoms with Gasteiger partial charge in [-0.15, -0.1) is 0 Å². The molecule has 0 fully saturated rings. The summed E-state index contributed by atoms with van der Waals surface area (Å²) in [5, 5.41) is 0. The van der Waals surface area contributed by atoms with Crippen LogP contribution in [-0.2, 0) is 6.42 Å². The number of nitrogens with zero attached hydrogens (tertiary/aromatic N) is 1. The number of carbonyl (C=O) groups is 1. The third-order valence-electron chi connectivity index (χ3n) is 4.47. The largest absolute Gasteiger partial charge is 0.493 e. The Morgan fingerprint density at radius 3 is 2.60 bits per heavy atom. The van der Waals surface area contributed by atoms with Crippen LogP contribution in [0.3, 0.4) is 0 Å². The molecule has 0 bridgehead atoms. The van der Waals surface area contributed by atoms with Crippen LogP contribution in [0.1, 0.15) is 54.4 Å². The molecule has 1 amide bonds. The lowest BCUT2D eigenvalue weighted by atomic mass is 9.99. The van der Waals surface area contributed by atoms with Crippen LogP contribution >= 0.6 is 0 Å². The molecule has 0 unspecified atom stereocenters. The fraction of sp³-hybridized carbons (Fsp3) is 0.429. The molecule has 25 heavy (non-hydrogen) atoms. The molecule has 0 aliphatic rings. The van der Waals surface area contributed by atoms with Gasteiger partial charge in [0, 0.05) is 11.6 Å². The Hall–Kier alpha value is -2.36. The maximum Gasteiger partial charge on any atom is 0.254 e. The highest BCUT2D eigenvalue weighted by Gasteiger charge is 2.19. The van der Waals surface area contributed by atoms with Crippen molar-refractivity contribution in [3.8, 4) is 17.0 Å². The monoisotopic (exact) mass is 340 g/mol. The molecule has 2 rings (SSSR count). The van der Waals surface area contributed by atoms with E-state index in [1.807, 2.05) is 25.1 Å². The quantitative estimate of drug-likeness (QED) is 0.809. The van der Waals surface area contributed by atoms with Crippen LogP contribution in [0.5, 0.6) is 5.75 Å². The Labute approximate surface area is 150 Å². The number of benzene rings is 1. The molecule has 2 aromatic rings. The van der Waals surface area contributed by atoms with Crippen molar-refractivity contribution in [1.29, 1.82) is 0 Å². The SMILES string of the molecule is CCc1nc(-c2cccc(C)c2C)cc(OCCC(C)C)c1C(N)=O. The molecular weight excluding hydrogens is 312 g/mol. The zero-order chi connectivity index (χ0) is 18.6. The Bertz CT molecular complexity index is 767. The number of nitrogens with two attached hydrogens (primary N) is 1. The summed E-state index contributed by atoms with van der Waals surface area (Å²) in [6.07, 6.45) is 1.54. The van der Waals surface area contributed by atoms with Crippen LogP contribution < -0.4 is 10.5 Å². The summed E-state index contributed by atoms with van der Waals surface area (Å²) in [4.78, 5) is 16.7. The second-order valence-electron chi connectivity index (χ2n) is 6.82. The van der Waals surface area contributed by atoms with Crippen LogP contribution in [0.15, 0.2) is 24.3 Å². The van der Waals surface area contributed by atoms with Gasteiger partial charge in [0.2, 0.25) is 0 Å². The normalized spacial score (nSPS) is 11.0. The summed E-state index contributed by atoms with van der Waals surface area (Å²) in [6, 6.07) is 8.00. The van der Waals surface area contributed by atoms with Crippen molar-refractivity contribution in [2.24, 2.45) is 11.7 Å². The standard InChI is InChI=1S/C21H28N2O2/c1-6-17-20(21(22)24)19(25-11-10-13(2)3)12-18(23-17)16-9-7-8-14(4)15(16)5/h7-9,12-13H,6,10-11H2,1-5H3,(H2,22,24). The molecule has 1 aromatic heterocycles. The lowest BCUT2D eigenvalue weighted by Crippen LogP contribution is -2.18. The first-order chi connectivity index (χ1) is 11.8. The minimum Gasteiger partial charge on any atom is -0.493 e. The Kier molecular flexibility index (Phi) is 6.18. The van der Waals surface area contributed by atoms with Crippen molar-refractivity contribution >= 4 is 5.91 Å². The second kappa shape index (κ2) is 8.15. The van der Waals surface area contributed by atoms with Crippen LogP contribution in [0.2, 0.25) is 0 Å². The lowest BCUT2D eigenvalue weighted by Gasteiger charge is -2.16. The van der Waals surface area contributed by atoms with E-state index in [4.69, 9.17) is 15.5 Å². The van der Waals surface area contributed by atoms with E-state index in [2.05, 4.69) is 33.8 Å². The highest BCUT2D eigenvalue weighted by molar-refractivity contribution is 5.97. The van der Waals surface area contributed by atoms with E-state index in [-0.39, 0.29) is 0 Å². The molecule has 0 radical (unpaired) electrons. The summed E-state index contributed by atoms with van der Waals surface area (Å²) in [5.41, 5.74) is 11.0. The summed E-state index contributed by atoms with van der Waals surface area (Å²) in [6.45, 7) is 11.0. The number of aryl methyl sites for hydroxylation is 2. The first kappa shape index (κ1) is 19.0. The molecule has 0 saturated carbocycles. The number of aromatic nitrogens is 1. The minimum atomic E-state index is -0.489. The molecule has 4 nitrogen and oxygen atoms in total. The van der Waals surface area contributed by atoms with Crippen LogP contribution in [-0.4, -0.2) is 17.5 Å². The van der Waals surface area contributed by atoms with Gasteiger partial charge in [-0.25, -0.2) is 0 Å². The first-order valence-electron chi connectivity index (χ1n) is 8.88. The Morgan fingerprint density at radius 2 is 2.00 bits per heavy atom. The smallest absolute Gasteiger partial charge is 0.254 e. The average molecular weight is 340 g/mol. The van der Waals surface area contributed by atoms with Gasteiger partial charge in [-0.3, -0.25) is 9.78 Å². The van der Waals surface area contributed by atoms with Crippen LogP contribution in [0.25, 0.3) is 11.3 Å². The van der Waals surface area contributed by atoms with E-state index < -0.39 is 5.91 Å². The maximum atomic E-state index is 12.0. The lowest BCUT2D eigenvalue weighted by molar-refractivity contribution is 0.0994. The predicted molar refractivity (Wildman–Crippen MR) is 102 cm³/mol. The zero-order valence-corrected chi connectivity index (χ0v) is 15.8. The number of hydrogen-bond acceptors (Lipinski definition) is 3. The van der Waals surface area contributed by atoms with Crippen molar-refractivity contribution in [1.82, 2.24) is 4.98 Å². The molecule has 0 aliphatic heterocycles. The van der Waals surface area contributed by atoms with Gasteiger partial charge in [-0.05, 0) is 43.7 Å². The van der Waals surface area contributed by atoms with Crippen molar-refractivity contribution in [2.75, 3.05) is 6.61 Å². The Balaban J connectivity index is 2.55. The molecule has 2 N–H and O–H groups in total. The molecule has 0 spiro atoms. The second-order valence-corrected chi connectivity index (χ2v) is 6.82. The first-order valence-corrected chi connectivity index (χ1v) is 8.88. The molecule has 134 valence electrons. The number of primary amides is 1. The van der Waals surface area contributed by atoms with Crippen LogP contribution in [0, 0.1) is 19.8 Å². The fourth-order valence-corrected chi connectivity index (χ4v) is 2.78. The van der Waals surface area contributed by atoms with E-state index in [9.17, 15) is 4.79 Å². The molecule has 4 heteroatoms. The van der Waals surface area contributed by atoms with Gasteiger partial charge in [0.15, 0.2) is 0 Å². The summed E-state index contributed by atoms with van der Waals surface area (Å²) in [7, 11) is 0. The van der Waals surface area contributed by atoms with Gasteiger partial charge in [0.1, 0.15) is 11.3 Å². The third-order valence-corrected chi connectivity index (χ3v) is 4.47. The fourth-order valence-electron chi connectivity index (χ4n) is 2.78. The minimum absolute atomic E-state index is 0.403. The molecule has 0 aliphatic carbocycles. The number of carbonyl (C=O) groups excluding carboxylic acids is 1. The topological polar surface area (TPSA) is 65.2 Å². The number of ether oxygens (including phenoxy) is 1. The maximum absolute atomic E-state index is 12.0. The van der Waals surface area contributed by atoms with E-state index >= 15 is 0 Å². The summed E-state index contributed by atoms with van der Waals surface area (Å²) < 4.78 is 5.94. The number of pyridine rings is 1. The Morgan fingerprint density at radius 1 is 1.28 bits per heavy atom. The average Bonchev–Trinajstić information content (AvgIpc) is 2.56. The van der Waals surface area contributed by atoms with E-state index in [0.717, 1.165) is 17.7 Å². The number of rotatable bonds is 7. The van der Waals surface area contributed by atoms with E-state index in [1.54, 1.807) is 0 Å². The zero-order valence-electron chi connectivity index (χ0n) is 15.8. The highest BCUT2D eigenvalue weighted by Crippen LogP contribution is 2.31. The van der Waals surface area contributed by atoms with E-state index in [0.29, 0.717) is 36.0 Å². The van der Waals surface area contributed by atoms with Gasteiger partial charge >= 0.3 is 0 Å². The summed E-state index contributed by atoms with van der Waals surface area (Å²) >= 11 is 0. The van der Waals surface area contributed by atoms with Gasteiger partial charge in [0.05, 0.1) is 18.0 Å². The van der Waals surface area contributed by atoms with Crippen LogP contribution in [0.4, 0.5) is 0 Å². The molecular formula is C21H28N2O2. The van der Waals surface area contributed by atoms with Crippen molar-refractivity contribution in [3.05, 3.63) is 46.6 Å². The molecule has 1 aromatic carbocycles. The number of amides is 1. The van der Waals surface area contributed by atoms with Gasteiger partial charge in [0.25, 0.3) is 5.91 Å². The van der Waals surface area contributed by atoms with Crippen molar-refractivity contribution in [3.63, 3.8) is 0 Å². The summed E-state index contributed by atoms with van der Waals surface area (Å²) in [5.74, 6) is 0.579. The molecule has 0 atom stereocenters. The van der Waals surface area contributed by atoms with Gasteiger partial charge < -0.3 is 10.5 Å². The van der Waals surface area contributed by atoms with E-state index in [1.165, 1.54) is 11.1 Å². The molecule has 0 saturated heterocycles. The number of hydrogen-bond donors (Lipinski definition) is 1. The third kappa shape index (κ3) is 4.38.